The number of halogens is 3. The summed E-state index contributed by atoms with van der Waals surface area (Å²) in [7, 11) is 0. The first-order valence-electron chi connectivity index (χ1n) is 3.17. The van der Waals surface area contributed by atoms with E-state index in [1.807, 2.05) is 0 Å². The summed E-state index contributed by atoms with van der Waals surface area (Å²) in [6.07, 6.45) is 1.32. The summed E-state index contributed by atoms with van der Waals surface area (Å²) < 4.78 is 14.8. The van der Waals surface area contributed by atoms with Crippen LogP contribution in [0.5, 0.6) is 0 Å². The number of hydrogen-bond donors (Lipinski definition) is 0. The molecule has 2 rings (SSSR count). The number of nitrogens with zero attached hydrogens (tertiary/aromatic N) is 2. The van der Waals surface area contributed by atoms with Crippen LogP contribution in [-0.4, -0.2) is 9.38 Å². The molecule has 0 atom stereocenters. The Labute approximate surface area is 81.1 Å². The first-order chi connectivity index (χ1) is 5.68. The van der Waals surface area contributed by atoms with Crippen molar-refractivity contribution in [3.05, 3.63) is 34.0 Å². The van der Waals surface area contributed by atoms with Gasteiger partial charge in [0.2, 0.25) is 0 Å². The minimum absolute atomic E-state index is 0.322. The second kappa shape index (κ2) is 2.71. The van der Waals surface area contributed by atoms with E-state index in [4.69, 9.17) is 11.6 Å². The van der Waals surface area contributed by atoms with Crippen molar-refractivity contribution in [2.24, 2.45) is 0 Å². The fourth-order valence-electron chi connectivity index (χ4n) is 0.988. The van der Waals surface area contributed by atoms with Crippen LogP contribution in [0.4, 0.5) is 4.39 Å². The van der Waals surface area contributed by atoms with E-state index in [9.17, 15) is 4.39 Å². The zero-order valence-corrected chi connectivity index (χ0v) is 8.10. The van der Waals surface area contributed by atoms with Gasteiger partial charge >= 0.3 is 0 Å². The molecule has 2 aromatic heterocycles. The van der Waals surface area contributed by atoms with Crippen molar-refractivity contribution in [2.75, 3.05) is 0 Å². The highest BCUT2D eigenvalue weighted by atomic mass is 79.9. The Hall–Kier alpha value is -0.610. The van der Waals surface area contributed by atoms with E-state index in [1.54, 1.807) is 6.07 Å². The van der Waals surface area contributed by atoms with E-state index in [0.29, 0.717) is 15.4 Å². The molecule has 2 heterocycles. The maximum Gasteiger partial charge on any atom is 0.183 e. The third-order valence-corrected chi connectivity index (χ3v) is 2.35. The smallest absolute Gasteiger partial charge is 0.183 e. The zero-order valence-electron chi connectivity index (χ0n) is 5.76. The summed E-state index contributed by atoms with van der Waals surface area (Å²) in [6, 6.07) is 2.92. The molecule has 0 amide bonds. The van der Waals surface area contributed by atoms with Crippen LogP contribution < -0.4 is 0 Å². The number of rotatable bonds is 0. The lowest BCUT2D eigenvalue weighted by molar-refractivity contribution is 0.618. The summed E-state index contributed by atoms with van der Waals surface area (Å²) in [5.41, 5.74) is 0.685. The van der Waals surface area contributed by atoms with Crippen LogP contribution in [-0.2, 0) is 0 Å². The Morgan fingerprint density at radius 2 is 2.25 bits per heavy atom. The number of pyridine rings is 1. The molecule has 0 saturated heterocycles. The van der Waals surface area contributed by atoms with Crippen molar-refractivity contribution in [1.29, 1.82) is 0 Å². The minimum Gasteiger partial charge on any atom is -0.290 e. The number of hydrogen-bond acceptors (Lipinski definition) is 1. The Bertz CT molecular complexity index is 440. The van der Waals surface area contributed by atoms with Gasteiger partial charge < -0.3 is 0 Å². The first kappa shape index (κ1) is 8.01. The van der Waals surface area contributed by atoms with E-state index in [2.05, 4.69) is 20.9 Å². The molecule has 0 saturated carbocycles. The molecule has 0 bridgehead atoms. The second-order valence-electron chi connectivity index (χ2n) is 2.27. The van der Waals surface area contributed by atoms with Crippen molar-refractivity contribution in [3.63, 3.8) is 0 Å². The van der Waals surface area contributed by atoms with Crippen LogP contribution in [0.3, 0.4) is 0 Å². The molecule has 0 radical (unpaired) electrons. The Balaban J connectivity index is 2.90. The van der Waals surface area contributed by atoms with Gasteiger partial charge in [0, 0.05) is 6.20 Å². The van der Waals surface area contributed by atoms with E-state index in [-0.39, 0.29) is 5.82 Å². The lowest BCUT2D eigenvalue weighted by atomic mass is 10.4. The van der Waals surface area contributed by atoms with E-state index < -0.39 is 0 Å². The summed E-state index contributed by atoms with van der Waals surface area (Å²) in [6.45, 7) is 0. The lowest BCUT2D eigenvalue weighted by Gasteiger charge is -1.93. The molecule has 2 aromatic rings. The molecule has 0 aliphatic heterocycles. The summed E-state index contributed by atoms with van der Waals surface area (Å²) in [5, 5.41) is 0.363. The van der Waals surface area contributed by atoms with E-state index in [0.717, 1.165) is 0 Å². The monoisotopic (exact) mass is 248 g/mol. The highest BCUT2D eigenvalue weighted by Crippen LogP contribution is 2.21. The molecule has 5 heteroatoms. The highest BCUT2D eigenvalue weighted by Gasteiger charge is 2.06. The quantitative estimate of drug-likeness (QED) is 0.702. The summed E-state index contributed by atoms with van der Waals surface area (Å²) in [4.78, 5) is 3.91. The van der Waals surface area contributed by atoms with E-state index in [1.165, 1.54) is 16.7 Å². The van der Waals surface area contributed by atoms with Gasteiger partial charge in [0.1, 0.15) is 5.82 Å². The van der Waals surface area contributed by atoms with Crippen molar-refractivity contribution in [1.82, 2.24) is 9.38 Å². The van der Waals surface area contributed by atoms with Crippen molar-refractivity contribution < 1.29 is 4.39 Å². The van der Waals surface area contributed by atoms with Crippen LogP contribution in [0, 0.1) is 5.82 Å². The fraction of sp³-hybridized carbons (Fsp3) is 0. The third kappa shape index (κ3) is 1.11. The van der Waals surface area contributed by atoms with Crippen LogP contribution in [0.15, 0.2) is 23.1 Å². The highest BCUT2D eigenvalue weighted by molar-refractivity contribution is 9.10. The average molecular weight is 249 g/mol. The number of aromatic nitrogens is 2. The van der Waals surface area contributed by atoms with Crippen molar-refractivity contribution in [2.45, 2.75) is 0 Å². The van der Waals surface area contributed by atoms with Crippen LogP contribution in [0.25, 0.3) is 5.52 Å². The maximum absolute atomic E-state index is 12.7. The Morgan fingerprint density at radius 1 is 1.50 bits per heavy atom. The van der Waals surface area contributed by atoms with Crippen molar-refractivity contribution in [3.8, 4) is 0 Å². The molecule has 62 valence electrons. The zero-order chi connectivity index (χ0) is 8.72. The van der Waals surface area contributed by atoms with Gasteiger partial charge in [-0.2, -0.15) is 0 Å². The van der Waals surface area contributed by atoms with Gasteiger partial charge in [-0.05, 0) is 28.1 Å². The molecule has 0 N–H and O–H groups in total. The molecule has 0 fully saturated rings. The molecule has 0 aliphatic carbocycles. The van der Waals surface area contributed by atoms with Gasteiger partial charge in [-0.3, -0.25) is 4.40 Å². The van der Waals surface area contributed by atoms with Gasteiger partial charge in [0.15, 0.2) is 9.89 Å². The van der Waals surface area contributed by atoms with Gasteiger partial charge in [-0.1, -0.05) is 11.6 Å². The fourth-order valence-corrected chi connectivity index (χ4v) is 1.79. The third-order valence-electron chi connectivity index (χ3n) is 1.51. The van der Waals surface area contributed by atoms with Gasteiger partial charge in [-0.15, -0.1) is 0 Å². The topological polar surface area (TPSA) is 17.3 Å². The summed E-state index contributed by atoms with van der Waals surface area (Å²) in [5.74, 6) is -0.322. The molecular formula is C7H3BrClFN2. The molecule has 12 heavy (non-hydrogen) atoms. The van der Waals surface area contributed by atoms with Crippen LogP contribution in [0.2, 0.25) is 5.15 Å². The Morgan fingerprint density at radius 3 is 3.00 bits per heavy atom. The predicted molar refractivity (Wildman–Crippen MR) is 47.9 cm³/mol. The van der Waals surface area contributed by atoms with Gasteiger partial charge in [0.25, 0.3) is 0 Å². The van der Waals surface area contributed by atoms with Crippen LogP contribution in [0.1, 0.15) is 0 Å². The lowest BCUT2D eigenvalue weighted by Crippen LogP contribution is -1.85. The molecule has 0 aromatic carbocycles. The second-order valence-corrected chi connectivity index (χ2v) is 3.34. The SMILES string of the molecule is Fc1ccc2c(Cl)nc(Br)n2c1. The average Bonchev–Trinajstić information content (AvgIpc) is 2.28. The van der Waals surface area contributed by atoms with Gasteiger partial charge in [-0.25, -0.2) is 9.37 Å². The molecule has 2 nitrogen and oxygen atoms in total. The number of imidazole rings is 1. The number of fused-ring (bicyclic) bond motifs is 1. The van der Waals surface area contributed by atoms with Crippen LogP contribution >= 0.6 is 27.5 Å². The van der Waals surface area contributed by atoms with Gasteiger partial charge in [0.05, 0.1) is 5.52 Å². The first-order valence-corrected chi connectivity index (χ1v) is 4.34. The largest absolute Gasteiger partial charge is 0.290 e. The Kier molecular flexibility index (Phi) is 1.81. The minimum atomic E-state index is -0.322. The molecular weight excluding hydrogens is 246 g/mol. The van der Waals surface area contributed by atoms with Crippen molar-refractivity contribution >= 4 is 33.0 Å². The normalized spacial score (nSPS) is 10.9. The standard InChI is InChI=1S/C7H3BrClFN2/c8-7-11-6(9)5-2-1-4(10)3-12(5)7/h1-3H. The maximum atomic E-state index is 12.7. The molecule has 0 aliphatic rings. The molecule has 0 spiro atoms. The predicted octanol–water partition coefficient (Wildman–Crippen LogP) is 2.89. The summed E-state index contributed by atoms with van der Waals surface area (Å²) >= 11 is 8.90. The van der Waals surface area contributed by atoms with E-state index >= 15 is 0 Å². The molecule has 0 unspecified atom stereocenters.